The number of hydrogen-bond donors (Lipinski definition) is 1. The summed E-state index contributed by atoms with van der Waals surface area (Å²) in [5.41, 5.74) is 7.15. The molecule has 2 aromatic carbocycles. The minimum atomic E-state index is -0.668. The highest BCUT2D eigenvalue weighted by molar-refractivity contribution is 5.51. The maximum atomic E-state index is 10.8. The molecular weight excluding hydrogens is 354 g/mol. The molecule has 0 aliphatic heterocycles. The Balaban J connectivity index is 0.000000416. The minimum Gasteiger partial charge on any atom is -0.358 e. The first kappa shape index (κ1) is 24.0. The largest absolute Gasteiger partial charge is 0.358 e. The van der Waals surface area contributed by atoms with E-state index in [-0.39, 0.29) is 12.9 Å². The summed E-state index contributed by atoms with van der Waals surface area (Å²) in [4.78, 5) is 10.8. The maximum Gasteiger partial charge on any atom is 0.154 e. The average Bonchev–Trinajstić information content (AvgIpc) is 2.73. The van der Waals surface area contributed by atoms with E-state index in [1.54, 1.807) is 0 Å². The zero-order valence-corrected chi connectivity index (χ0v) is 17.2. The molecule has 0 heterocycles. The van der Waals surface area contributed by atoms with Crippen molar-refractivity contribution in [3.63, 3.8) is 0 Å². The third-order valence-corrected chi connectivity index (χ3v) is 4.18. The van der Waals surface area contributed by atoms with Crippen molar-refractivity contribution >= 4 is 6.29 Å². The summed E-state index contributed by atoms with van der Waals surface area (Å²) >= 11 is 0. The van der Waals surface area contributed by atoms with Gasteiger partial charge < -0.3 is 24.7 Å². The Bertz CT molecular complexity index is 588. The van der Waals surface area contributed by atoms with Crippen LogP contribution in [0.2, 0.25) is 0 Å². The molecule has 0 unspecified atom stereocenters. The van der Waals surface area contributed by atoms with E-state index in [0.717, 1.165) is 30.6 Å². The number of carbonyl (C=O) groups excluding carboxylic acids is 1. The number of benzene rings is 2. The molecular formula is C23H33NO4. The van der Waals surface area contributed by atoms with Crippen molar-refractivity contribution in [2.24, 2.45) is 5.73 Å². The second-order valence-corrected chi connectivity index (χ2v) is 6.05. The number of rotatable bonds is 11. The first-order valence-electron chi connectivity index (χ1n) is 9.76. The zero-order valence-electron chi connectivity index (χ0n) is 17.2. The molecule has 0 amide bonds. The van der Waals surface area contributed by atoms with Gasteiger partial charge in [0.05, 0.1) is 0 Å². The third-order valence-electron chi connectivity index (χ3n) is 4.18. The first-order chi connectivity index (χ1) is 13.6. The first-order valence-corrected chi connectivity index (χ1v) is 9.76. The van der Waals surface area contributed by atoms with Gasteiger partial charge in [0, 0.05) is 13.2 Å². The Morgan fingerprint density at radius 2 is 1.39 bits per heavy atom. The molecule has 5 heteroatoms. The van der Waals surface area contributed by atoms with Gasteiger partial charge in [0.1, 0.15) is 18.5 Å². The lowest BCUT2D eigenvalue weighted by molar-refractivity contribution is -0.123. The van der Waals surface area contributed by atoms with Gasteiger partial charge >= 0.3 is 0 Å². The molecule has 2 N–H and O–H groups in total. The Morgan fingerprint density at radius 1 is 0.929 bits per heavy atom. The third kappa shape index (κ3) is 7.52. The summed E-state index contributed by atoms with van der Waals surface area (Å²) in [5, 5.41) is 0. The summed E-state index contributed by atoms with van der Waals surface area (Å²) < 4.78 is 16.1. The molecule has 0 saturated heterocycles. The Hall–Kier alpha value is -2.05. The molecule has 0 radical (unpaired) electrons. The molecule has 0 aliphatic rings. The van der Waals surface area contributed by atoms with E-state index < -0.39 is 5.60 Å². The van der Waals surface area contributed by atoms with Crippen molar-refractivity contribution in [1.82, 2.24) is 0 Å². The van der Waals surface area contributed by atoms with Crippen molar-refractivity contribution in [3.05, 3.63) is 71.8 Å². The molecule has 2 aromatic rings. The van der Waals surface area contributed by atoms with E-state index in [1.165, 1.54) is 0 Å². The van der Waals surface area contributed by atoms with Crippen LogP contribution >= 0.6 is 0 Å². The summed E-state index contributed by atoms with van der Waals surface area (Å²) in [7, 11) is 0. The second-order valence-electron chi connectivity index (χ2n) is 6.05. The standard InChI is InChI=1S/C17H19NO2.C6H14O2/c18-12-11-17(20-14-13-19,15-7-3-1-4-8-15)16-9-5-2-6-10-16;1-4-7-6(3)8-5-2/h1-10,13H,11-12,14,18H2;6H,4-5H2,1-3H3. The lowest BCUT2D eigenvalue weighted by Crippen LogP contribution is -2.34. The van der Waals surface area contributed by atoms with Crippen LogP contribution in [-0.2, 0) is 24.6 Å². The zero-order chi connectivity index (χ0) is 20.7. The highest BCUT2D eigenvalue weighted by Gasteiger charge is 2.34. The van der Waals surface area contributed by atoms with E-state index in [9.17, 15) is 4.79 Å². The predicted octanol–water partition coefficient (Wildman–Crippen LogP) is 3.90. The molecule has 0 saturated carbocycles. The number of aldehydes is 1. The second kappa shape index (κ2) is 14.0. The molecule has 0 atom stereocenters. The normalized spacial score (nSPS) is 11.0. The van der Waals surface area contributed by atoms with Gasteiger partial charge in [-0.25, -0.2) is 0 Å². The van der Waals surface area contributed by atoms with Gasteiger partial charge in [0.2, 0.25) is 0 Å². The molecule has 5 nitrogen and oxygen atoms in total. The van der Waals surface area contributed by atoms with Crippen LogP contribution in [0.1, 0.15) is 38.3 Å². The van der Waals surface area contributed by atoms with Gasteiger partial charge in [-0.1, -0.05) is 60.7 Å². The van der Waals surface area contributed by atoms with E-state index in [1.807, 2.05) is 81.4 Å². The average molecular weight is 388 g/mol. The molecule has 0 aromatic heterocycles. The lowest BCUT2D eigenvalue weighted by atomic mass is 9.83. The molecule has 2 rings (SSSR count). The Morgan fingerprint density at radius 3 is 1.75 bits per heavy atom. The summed E-state index contributed by atoms with van der Waals surface area (Å²) in [5.74, 6) is 0. The maximum absolute atomic E-state index is 10.8. The highest BCUT2D eigenvalue weighted by atomic mass is 16.7. The van der Waals surface area contributed by atoms with Gasteiger partial charge in [-0.05, 0) is 44.9 Å². The van der Waals surface area contributed by atoms with E-state index in [4.69, 9.17) is 19.9 Å². The van der Waals surface area contributed by atoms with Crippen molar-refractivity contribution < 1.29 is 19.0 Å². The number of ether oxygens (including phenoxy) is 3. The van der Waals surface area contributed by atoms with E-state index in [2.05, 4.69) is 0 Å². The number of hydrogen-bond acceptors (Lipinski definition) is 5. The van der Waals surface area contributed by atoms with Crippen LogP contribution in [0.15, 0.2) is 60.7 Å². The van der Waals surface area contributed by atoms with Crippen LogP contribution in [0.25, 0.3) is 0 Å². The SMILES string of the molecule is CCOC(C)OCC.NCCC(OCC=O)(c1ccccc1)c1ccccc1. The number of nitrogens with two attached hydrogens (primary N) is 1. The quantitative estimate of drug-likeness (QED) is 0.468. The van der Waals surface area contributed by atoms with Gasteiger partial charge in [0.25, 0.3) is 0 Å². The van der Waals surface area contributed by atoms with Crippen molar-refractivity contribution in [1.29, 1.82) is 0 Å². The van der Waals surface area contributed by atoms with Gasteiger partial charge in [-0.2, -0.15) is 0 Å². The van der Waals surface area contributed by atoms with Gasteiger partial charge in [0.15, 0.2) is 6.29 Å². The van der Waals surface area contributed by atoms with Crippen LogP contribution in [0.4, 0.5) is 0 Å². The fourth-order valence-corrected chi connectivity index (χ4v) is 3.01. The summed E-state index contributed by atoms with van der Waals surface area (Å²) in [6.45, 7) is 7.77. The van der Waals surface area contributed by atoms with Crippen LogP contribution in [0.5, 0.6) is 0 Å². The van der Waals surface area contributed by atoms with Crippen LogP contribution in [0.3, 0.4) is 0 Å². The smallest absolute Gasteiger partial charge is 0.154 e. The van der Waals surface area contributed by atoms with Crippen molar-refractivity contribution in [3.8, 4) is 0 Å². The van der Waals surface area contributed by atoms with Gasteiger partial charge in [-0.3, -0.25) is 0 Å². The Kier molecular flexibility index (Phi) is 12.0. The molecule has 154 valence electrons. The summed E-state index contributed by atoms with van der Waals surface area (Å²) in [6, 6.07) is 19.8. The number of carbonyl (C=O) groups is 1. The molecule has 28 heavy (non-hydrogen) atoms. The fraction of sp³-hybridized carbons (Fsp3) is 0.435. The predicted molar refractivity (Wildman–Crippen MR) is 112 cm³/mol. The van der Waals surface area contributed by atoms with Crippen molar-refractivity contribution in [2.45, 2.75) is 39.1 Å². The molecule has 0 spiro atoms. The monoisotopic (exact) mass is 387 g/mol. The van der Waals surface area contributed by atoms with Gasteiger partial charge in [-0.15, -0.1) is 0 Å². The highest BCUT2D eigenvalue weighted by Crippen LogP contribution is 2.36. The van der Waals surface area contributed by atoms with Crippen LogP contribution in [0, 0.1) is 0 Å². The van der Waals surface area contributed by atoms with Crippen LogP contribution < -0.4 is 5.73 Å². The molecule has 0 fully saturated rings. The van der Waals surface area contributed by atoms with Crippen molar-refractivity contribution in [2.75, 3.05) is 26.4 Å². The fourth-order valence-electron chi connectivity index (χ4n) is 3.01. The summed E-state index contributed by atoms with van der Waals surface area (Å²) in [6.07, 6.45) is 1.36. The molecule has 0 bridgehead atoms. The minimum absolute atomic E-state index is 0.0370. The Labute approximate surface area is 168 Å². The topological polar surface area (TPSA) is 70.8 Å². The lowest BCUT2D eigenvalue weighted by Gasteiger charge is -2.34. The van der Waals surface area contributed by atoms with E-state index >= 15 is 0 Å². The van der Waals surface area contributed by atoms with E-state index in [0.29, 0.717) is 13.0 Å². The molecule has 0 aliphatic carbocycles. The van der Waals surface area contributed by atoms with Crippen LogP contribution in [-0.4, -0.2) is 38.9 Å².